The van der Waals surface area contributed by atoms with Gasteiger partial charge in [0.25, 0.3) is 0 Å². The Morgan fingerprint density at radius 3 is 2.71 bits per heavy atom. The maximum Gasteiger partial charge on any atom is 0.225 e. The fraction of sp³-hybridized carbons (Fsp3) is 0.263. The minimum atomic E-state index is -0.191. The molecule has 0 unspecified atom stereocenters. The SMILES string of the molecule is O=C1C[C@H](c2cccc(Cl)c2)C2=C(C[C@H](c3cccs3)CC2=O)N1. The maximum atomic E-state index is 12.9. The van der Waals surface area contributed by atoms with Crippen molar-refractivity contribution in [3.63, 3.8) is 0 Å². The number of carbonyl (C=O) groups excluding carboxylic acids is 2. The Hall–Kier alpha value is -1.91. The summed E-state index contributed by atoms with van der Waals surface area (Å²) in [6, 6.07) is 11.5. The molecule has 1 amide bonds. The van der Waals surface area contributed by atoms with Gasteiger partial charge < -0.3 is 5.32 Å². The predicted molar refractivity (Wildman–Crippen MR) is 95.3 cm³/mol. The first-order chi connectivity index (χ1) is 11.6. The molecule has 2 atom stereocenters. The lowest BCUT2D eigenvalue weighted by Gasteiger charge is -2.34. The average molecular weight is 358 g/mol. The summed E-state index contributed by atoms with van der Waals surface area (Å²) in [4.78, 5) is 26.3. The Kier molecular flexibility index (Phi) is 4.02. The van der Waals surface area contributed by atoms with E-state index in [1.165, 1.54) is 4.88 Å². The van der Waals surface area contributed by atoms with Crippen LogP contribution in [-0.2, 0) is 9.59 Å². The molecule has 122 valence electrons. The third kappa shape index (κ3) is 2.80. The number of allylic oxidation sites excluding steroid dienone is 2. The van der Waals surface area contributed by atoms with Gasteiger partial charge in [0.15, 0.2) is 5.78 Å². The Morgan fingerprint density at radius 2 is 1.96 bits per heavy atom. The van der Waals surface area contributed by atoms with Crippen molar-refractivity contribution in [2.45, 2.75) is 31.1 Å². The molecular weight excluding hydrogens is 342 g/mol. The van der Waals surface area contributed by atoms with Crippen molar-refractivity contribution in [1.29, 1.82) is 0 Å². The molecule has 4 rings (SSSR count). The number of amides is 1. The molecule has 0 saturated carbocycles. The summed E-state index contributed by atoms with van der Waals surface area (Å²) in [5, 5.41) is 5.60. The molecule has 2 aliphatic rings. The zero-order valence-corrected chi connectivity index (χ0v) is 14.5. The van der Waals surface area contributed by atoms with Gasteiger partial charge >= 0.3 is 0 Å². The number of benzene rings is 1. The summed E-state index contributed by atoms with van der Waals surface area (Å²) in [5.41, 5.74) is 2.50. The maximum absolute atomic E-state index is 12.9. The van der Waals surface area contributed by atoms with Crippen molar-refractivity contribution in [3.8, 4) is 0 Å². The summed E-state index contributed by atoms with van der Waals surface area (Å²) in [5.74, 6) is 0.0804. The number of nitrogens with one attached hydrogen (secondary N) is 1. The minimum Gasteiger partial charge on any atom is -0.329 e. The molecule has 0 bridgehead atoms. The van der Waals surface area contributed by atoms with E-state index in [0.29, 0.717) is 24.3 Å². The highest BCUT2D eigenvalue weighted by Gasteiger charge is 2.38. The number of thiophene rings is 1. The van der Waals surface area contributed by atoms with E-state index in [2.05, 4.69) is 11.4 Å². The molecule has 3 nitrogen and oxygen atoms in total. The summed E-state index contributed by atoms with van der Waals surface area (Å²) < 4.78 is 0. The van der Waals surface area contributed by atoms with Crippen LogP contribution >= 0.6 is 22.9 Å². The molecule has 24 heavy (non-hydrogen) atoms. The fourth-order valence-electron chi connectivity index (χ4n) is 3.69. The van der Waals surface area contributed by atoms with Gasteiger partial charge in [0.1, 0.15) is 0 Å². The highest BCUT2D eigenvalue weighted by molar-refractivity contribution is 7.10. The largest absolute Gasteiger partial charge is 0.329 e. The van der Waals surface area contributed by atoms with Crippen molar-refractivity contribution in [2.24, 2.45) is 0 Å². The molecule has 0 saturated heterocycles. The lowest BCUT2D eigenvalue weighted by atomic mass is 9.75. The molecule has 1 aromatic heterocycles. The number of rotatable bonds is 2. The normalized spacial score (nSPS) is 23.9. The van der Waals surface area contributed by atoms with Gasteiger partial charge in [0.05, 0.1) is 0 Å². The summed E-state index contributed by atoms with van der Waals surface area (Å²) in [6.07, 6.45) is 1.52. The lowest BCUT2D eigenvalue weighted by molar-refractivity contribution is -0.122. The van der Waals surface area contributed by atoms with Crippen molar-refractivity contribution < 1.29 is 9.59 Å². The van der Waals surface area contributed by atoms with Crippen molar-refractivity contribution in [2.75, 3.05) is 0 Å². The van der Waals surface area contributed by atoms with E-state index in [1.807, 2.05) is 29.6 Å². The molecule has 0 spiro atoms. The molecule has 1 aliphatic carbocycles. The van der Waals surface area contributed by atoms with Gasteiger partial charge in [-0.1, -0.05) is 29.8 Å². The monoisotopic (exact) mass is 357 g/mol. The number of hydrogen-bond donors (Lipinski definition) is 1. The molecular formula is C19H16ClNO2S. The van der Waals surface area contributed by atoms with E-state index >= 15 is 0 Å². The van der Waals surface area contributed by atoms with Crippen LogP contribution in [0.3, 0.4) is 0 Å². The van der Waals surface area contributed by atoms with Gasteiger partial charge in [0.2, 0.25) is 5.91 Å². The molecule has 0 radical (unpaired) electrons. The van der Waals surface area contributed by atoms with E-state index < -0.39 is 0 Å². The Labute approximate surface area is 149 Å². The number of halogens is 1. The first-order valence-corrected chi connectivity index (χ1v) is 9.22. The summed E-state index contributed by atoms with van der Waals surface area (Å²) >= 11 is 7.77. The Balaban J connectivity index is 1.74. The van der Waals surface area contributed by atoms with Crippen LogP contribution in [0.2, 0.25) is 5.02 Å². The fourth-order valence-corrected chi connectivity index (χ4v) is 4.72. The van der Waals surface area contributed by atoms with Crippen LogP contribution in [0.15, 0.2) is 53.0 Å². The van der Waals surface area contributed by atoms with Crippen LogP contribution in [0.1, 0.15) is 41.5 Å². The number of hydrogen-bond acceptors (Lipinski definition) is 3. The summed E-state index contributed by atoms with van der Waals surface area (Å²) in [7, 11) is 0. The van der Waals surface area contributed by atoms with Crippen LogP contribution in [0, 0.1) is 0 Å². The first kappa shape index (κ1) is 15.6. The smallest absolute Gasteiger partial charge is 0.225 e. The molecule has 1 aliphatic heterocycles. The predicted octanol–water partition coefficient (Wildman–Crippen LogP) is 4.41. The van der Waals surface area contributed by atoms with E-state index in [-0.39, 0.29) is 23.5 Å². The zero-order chi connectivity index (χ0) is 16.7. The highest BCUT2D eigenvalue weighted by Crippen LogP contribution is 2.43. The first-order valence-electron chi connectivity index (χ1n) is 7.97. The lowest BCUT2D eigenvalue weighted by Crippen LogP contribution is -2.38. The molecule has 1 aromatic carbocycles. The van der Waals surface area contributed by atoms with Crippen LogP contribution in [0.25, 0.3) is 0 Å². The molecule has 5 heteroatoms. The third-order valence-electron chi connectivity index (χ3n) is 4.73. The quantitative estimate of drug-likeness (QED) is 0.865. The van der Waals surface area contributed by atoms with Crippen LogP contribution in [0.5, 0.6) is 0 Å². The van der Waals surface area contributed by atoms with E-state index in [9.17, 15) is 9.59 Å². The second kappa shape index (κ2) is 6.19. The molecule has 2 heterocycles. The van der Waals surface area contributed by atoms with Crippen LogP contribution in [-0.4, -0.2) is 11.7 Å². The zero-order valence-electron chi connectivity index (χ0n) is 12.9. The van der Waals surface area contributed by atoms with Crippen LogP contribution in [0.4, 0.5) is 0 Å². The number of Topliss-reactive ketones (excluding diaryl/α,β-unsaturated/α-hetero) is 1. The van der Waals surface area contributed by atoms with Gasteiger partial charge in [-0.15, -0.1) is 11.3 Å². The van der Waals surface area contributed by atoms with Crippen molar-refractivity contribution in [1.82, 2.24) is 5.32 Å². The Bertz CT molecular complexity index is 841. The van der Waals surface area contributed by atoms with Crippen LogP contribution < -0.4 is 5.32 Å². The molecule has 2 aromatic rings. The van der Waals surface area contributed by atoms with Crippen molar-refractivity contribution in [3.05, 3.63) is 68.5 Å². The summed E-state index contributed by atoms with van der Waals surface area (Å²) in [6.45, 7) is 0. The van der Waals surface area contributed by atoms with Gasteiger partial charge in [-0.2, -0.15) is 0 Å². The average Bonchev–Trinajstić information content (AvgIpc) is 3.08. The second-order valence-electron chi connectivity index (χ2n) is 6.30. The van der Waals surface area contributed by atoms with Gasteiger partial charge in [-0.05, 0) is 35.6 Å². The van der Waals surface area contributed by atoms with Gasteiger partial charge in [-0.3, -0.25) is 9.59 Å². The van der Waals surface area contributed by atoms with Crippen molar-refractivity contribution >= 4 is 34.6 Å². The molecule has 0 fully saturated rings. The third-order valence-corrected chi connectivity index (χ3v) is 6.00. The number of ketones is 1. The molecule has 1 N–H and O–H groups in total. The van der Waals surface area contributed by atoms with E-state index in [0.717, 1.165) is 16.8 Å². The van der Waals surface area contributed by atoms with E-state index in [4.69, 9.17) is 11.6 Å². The standard InChI is InChI=1S/C19H16ClNO2S/c20-13-4-1-3-11(7-13)14-10-18(23)21-15-8-12(9-16(22)19(14)15)17-5-2-6-24-17/h1-7,12,14H,8-10H2,(H,21,23)/t12-,14+/m0/s1. The minimum absolute atomic E-state index is 0.0293. The van der Waals surface area contributed by atoms with E-state index in [1.54, 1.807) is 17.4 Å². The van der Waals surface area contributed by atoms with Gasteiger partial charge in [0, 0.05) is 45.8 Å². The Morgan fingerprint density at radius 1 is 1.08 bits per heavy atom. The topological polar surface area (TPSA) is 46.2 Å². The number of carbonyl (C=O) groups is 2. The second-order valence-corrected chi connectivity index (χ2v) is 7.71. The van der Waals surface area contributed by atoms with Gasteiger partial charge in [-0.25, -0.2) is 0 Å². The highest BCUT2D eigenvalue weighted by atomic mass is 35.5.